The third-order valence-electron chi connectivity index (χ3n) is 2.12. The van der Waals surface area contributed by atoms with Crippen LogP contribution in [0.15, 0.2) is 24.3 Å². The molecule has 0 saturated heterocycles. The van der Waals surface area contributed by atoms with E-state index in [1.54, 1.807) is 0 Å². The lowest BCUT2D eigenvalue weighted by Gasteiger charge is -2.00. The molecule has 0 unspecified atom stereocenters. The molecule has 0 aliphatic rings. The maximum Gasteiger partial charge on any atom is 0.120 e. The lowest BCUT2D eigenvalue weighted by molar-refractivity contribution is -0.108. The molecule has 0 fully saturated rings. The monoisotopic (exact) mass is 190 g/mol. The minimum atomic E-state index is 0.577. The summed E-state index contributed by atoms with van der Waals surface area (Å²) in [4.78, 5) is 20.3. The molecule has 1 aromatic carbocycles. The summed E-state index contributed by atoms with van der Waals surface area (Å²) < 4.78 is 0. The summed E-state index contributed by atoms with van der Waals surface area (Å²) in [6, 6.07) is 8.07. The Balaban J connectivity index is 2.49. The van der Waals surface area contributed by atoms with Gasteiger partial charge >= 0.3 is 0 Å². The number of rotatable bonds is 6. The van der Waals surface area contributed by atoms with Crippen molar-refractivity contribution in [3.05, 3.63) is 35.4 Å². The molecule has 0 heterocycles. The molecule has 0 spiro atoms. The fraction of sp³-hybridized carbons (Fsp3) is 0.333. The second-order valence-corrected chi connectivity index (χ2v) is 3.23. The van der Waals surface area contributed by atoms with E-state index in [1.807, 2.05) is 24.3 Å². The zero-order valence-electron chi connectivity index (χ0n) is 8.11. The van der Waals surface area contributed by atoms with Crippen molar-refractivity contribution in [1.82, 2.24) is 0 Å². The Morgan fingerprint density at radius 1 is 0.786 bits per heavy atom. The van der Waals surface area contributed by atoms with Gasteiger partial charge in [0.2, 0.25) is 0 Å². The van der Waals surface area contributed by atoms with Crippen molar-refractivity contribution in [1.29, 1.82) is 0 Å². The van der Waals surface area contributed by atoms with Crippen molar-refractivity contribution in [2.24, 2.45) is 0 Å². The minimum Gasteiger partial charge on any atom is -0.303 e. The van der Waals surface area contributed by atoms with E-state index in [1.165, 1.54) is 11.1 Å². The molecule has 2 heteroatoms. The number of hydrogen-bond acceptors (Lipinski definition) is 2. The molecule has 74 valence electrons. The molecule has 0 amide bonds. The third-order valence-corrected chi connectivity index (χ3v) is 2.12. The van der Waals surface area contributed by atoms with Crippen LogP contribution in [0.25, 0.3) is 0 Å². The smallest absolute Gasteiger partial charge is 0.120 e. The summed E-state index contributed by atoms with van der Waals surface area (Å²) >= 11 is 0. The summed E-state index contributed by atoms with van der Waals surface area (Å²) in [6.45, 7) is 0. The van der Waals surface area contributed by atoms with E-state index in [-0.39, 0.29) is 0 Å². The number of aryl methyl sites for hydroxylation is 2. The number of aldehydes is 2. The van der Waals surface area contributed by atoms with Gasteiger partial charge in [0.25, 0.3) is 0 Å². The average molecular weight is 190 g/mol. The first kappa shape index (κ1) is 10.6. The van der Waals surface area contributed by atoms with Gasteiger partial charge in [0.05, 0.1) is 0 Å². The van der Waals surface area contributed by atoms with Crippen LogP contribution in [0.3, 0.4) is 0 Å². The van der Waals surface area contributed by atoms with Crippen LogP contribution in [-0.4, -0.2) is 12.6 Å². The summed E-state index contributed by atoms with van der Waals surface area (Å²) in [5.74, 6) is 0. The molecule has 0 radical (unpaired) electrons. The molecule has 0 N–H and O–H groups in total. The Labute approximate surface area is 83.9 Å². The van der Waals surface area contributed by atoms with Crippen LogP contribution >= 0.6 is 0 Å². The third kappa shape index (κ3) is 3.52. The zero-order chi connectivity index (χ0) is 10.2. The standard InChI is InChI=1S/C12H14O2/c13-9-1-3-11-5-7-12(8-6-11)4-2-10-14/h5-10H,1-4H2. The predicted octanol–water partition coefficient (Wildman–Crippen LogP) is 1.95. The number of carbonyl (C=O) groups excluding carboxylic acids is 2. The quantitative estimate of drug-likeness (QED) is 0.642. The molecular weight excluding hydrogens is 176 g/mol. The molecule has 14 heavy (non-hydrogen) atoms. The van der Waals surface area contributed by atoms with E-state index in [4.69, 9.17) is 0 Å². The number of carbonyl (C=O) groups is 2. The van der Waals surface area contributed by atoms with Crippen LogP contribution < -0.4 is 0 Å². The van der Waals surface area contributed by atoms with Gasteiger partial charge in [0.1, 0.15) is 12.6 Å². The summed E-state index contributed by atoms with van der Waals surface area (Å²) in [5, 5.41) is 0. The van der Waals surface area contributed by atoms with Crippen LogP contribution in [0, 0.1) is 0 Å². The molecule has 0 atom stereocenters. The first-order valence-electron chi connectivity index (χ1n) is 4.82. The maximum absolute atomic E-state index is 10.1. The molecule has 0 bridgehead atoms. The zero-order valence-corrected chi connectivity index (χ0v) is 8.11. The van der Waals surface area contributed by atoms with Crippen LogP contribution in [0.2, 0.25) is 0 Å². The van der Waals surface area contributed by atoms with E-state index < -0.39 is 0 Å². The van der Waals surface area contributed by atoms with E-state index >= 15 is 0 Å². The largest absolute Gasteiger partial charge is 0.303 e. The van der Waals surface area contributed by atoms with Gasteiger partial charge in [-0.05, 0) is 24.0 Å². The highest BCUT2D eigenvalue weighted by molar-refractivity contribution is 5.50. The first-order chi connectivity index (χ1) is 6.86. The second kappa shape index (κ2) is 6.08. The molecule has 0 saturated carbocycles. The highest BCUT2D eigenvalue weighted by Gasteiger charge is 1.94. The predicted molar refractivity (Wildman–Crippen MR) is 55.2 cm³/mol. The Morgan fingerprint density at radius 3 is 1.43 bits per heavy atom. The van der Waals surface area contributed by atoms with Crippen LogP contribution in [0.1, 0.15) is 24.0 Å². The summed E-state index contributed by atoms with van der Waals surface area (Å²) in [7, 11) is 0. The van der Waals surface area contributed by atoms with Gasteiger partial charge in [-0.1, -0.05) is 24.3 Å². The van der Waals surface area contributed by atoms with Gasteiger partial charge in [-0.25, -0.2) is 0 Å². The average Bonchev–Trinajstić information content (AvgIpc) is 2.25. The van der Waals surface area contributed by atoms with E-state index in [2.05, 4.69) is 0 Å². The Hall–Kier alpha value is -1.44. The van der Waals surface area contributed by atoms with E-state index in [9.17, 15) is 9.59 Å². The Morgan fingerprint density at radius 2 is 1.14 bits per heavy atom. The van der Waals surface area contributed by atoms with Crippen LogP contribution in [0.5, 0.6) is 0 Å². The maximum atomic E-state index is 10.1. The minimum absolute atomic E-state index is 0.577. The Kier molecular flexibility index (Phi) is 4.62. The van der Waals surface area contributed by atoms with Gasteiger partial charge < -0.3 is 9.59 Å². The highest BCUT2D eigenvalue weighted by Crippen LogP contribution is 2.07. The van der Waals surface area contributed by atoms with Crippen LogP contribution in [-0.2, 0) is 22.4 Å². The fourth-order valence-electron chi connectivity index (χ4n) is 1.32. The topological polar surface area (TPSA) is 34.1 Å². The molecule has 0 aliphatic carbocycles. The molecule has 2 nitrogen and oxygen atoms in total. The Bertz CT molecular complexity index is 257. The normalized spacial score (nSPS) is 9.71. The van der Waals surface area contributed by atoms with Gasteiger partial charge in [-0.2, -0.15) is 0 Å². The van der Waals surface area contributed by atoms with Gasteiger partial charge in [-0.15, -0.1) is 0 Å². The highest BCUT2D eigenvalue weighted by atomic mass is 16.1. The first-order valence-corrected chi connectivity index (χ1v) is 4.82. The molecular formula is C12H14O2. The fourth-order valence-corrected chi connectivity index (χ4v) is 1.32. The van der Waals surface area contributed by atoms with Gasteiger partial charge in [0, 0.05) is 12.8 Å². The van der Waals surface area contributed by atoms with Crippen molar-refractivity contribution in [2.45, 2.75) is 25.7 Å². The van der Waals surface area contributed by atoms with Gasteiger partial charge in [-0.3, -0.25) is 0 Å². The molecule has 0 aromatic heterocycles. The molecule has 1 aromatic rings. The van der Waals surface area contributed by atoms with E-state index in [0.29, 0.717) is 12.8 Å². The van der Waals surface area contributed by atoms with Crippen molar-refractivity contribution in [3.8, 4) is 0 Å². The van der Waals surface area contributed by atoms with Crippen molar-refractivity contribution in [3.63, 3.8) is 0 Å². The number of hydrogen-bond donors (Lipinski definition) is 0. The summed E-state index contributed by atoms with van der Waals surface area (Å²) in [5.41, 5.74) is 2.35. The summed E-state index contributed by atoms with van der Waals surface area (Å²) in [6.07, 6.45) is 4.62. The van der Waals surface area contributed by atoms with Crippen molar-refractivity contribution >= 4 is 12.6 Å². The van der Waals surface area contributed by atoms with Gasteiger partial charge in [0.15, 0.2) is 0 Å². The van der Waals surface area contributed by atoms with Crippen LogP contribution in [0.4, 0.5) is 0 Å². The second-order valence-electron chi connectivity index (χ2n) is 3.23. The SMILES string of the molecule is O=CCCc1ccc(CCC=O)cc1. The lowest BCUT2D eigenvalue weighted by atomic mass is 10.1. The number of benzene rings is 1. The van der Waals surface area contributed by atoms with Crippen molar-refractivity contribution < 1.29 is 9.59 Å². The van der Waals surface area contributed by atoms with Crippen molar-refractivity contribution in [2.75, 3.05) is 0 Å². The lowest BCUT2D eigenvalue weighted by Crippen LogP contribution is -1.89. The molecule has 1 rings (SSSR count). The van der Waals surface area contributed by atoms with E-state index in [0.717, 1.165) is 25.4 Å². The molecule has 0 aliphatic heterocycles.